The van der Waals surface area contributed by atoms with Crippen LogP contribution in [0.3, 0.4) is 0 Å². The molecule has 1 fully saturated rings. The SMILES string of the molecule is CCN1CCN(c2c(C)c(C(=O)NC(C)C)n(Cc3ccccc3C)c2C)CC1. The summed E-state index contributed by atoms with van der Waals surface area (Å²) in [6.45, 7) is 18.6. The van der Waals surface area contributed by atoms with E-state index in [4.69, 9.17) is 0 Å². The quantitative estimate of drug-likeness (QED) is 0.809. The maximum absolute atomic E-state index is 13.2. The van der Waals surface area contributed by atoms with E-state index in [1.807, 2.05) is 13.8 Å². The van der Waals surface area contributed by atoms with Crippen molar-refractivity contribution in [3.05, 3.63) is 52.3 Å². The number of carbonyl (C=O) groups is 1. The van der Waals surface area contributed by atoms with Gasteiger partial charge in [0.15, 0.2) is 0 Å². The van der Waals surface area contributed by atoms with Gasteiger partial charge in [0.2, 0.25) is 0 Å². The van der Waals surface area contributed by atoms with Gasteiger partial charge in [-0.2, -0.15) is 0 Å². The number of carbonyl (C=O) groups excluding carboxylic acids is 1. The van der Waals surface area contributed by atoms with Crippen molar-refractivity contribution in [1.82, 2.24) is 14.8 Å². The summed E-state index contributed by atoms with van der Waals surface area (Å²) in [5, 5.41) is 3.11. The lowest BCUT2D eigenvalue weighted by Gasteiger charge is -2.36. The summed E-state index contributed by atoms with van der Waals surface area (Å²) in [6.07, 6.45) is 0. The molecule has 0 unspecified atom stereocenters. The number of anilines is 1. The summed E-state index contributed by atoms with van der Waals surface area (Å²) in [5.41, 5.74) is 6.83. The lowest BCUT2D eigenvalue weighted by Crippen LogP contribution is -2.46. The minimum atomic E-state index is 0.0210. The molecule has 1 aliphatic rings. The van der Waals surface area contributed by atoms with Gasteiger partial charge in [-0.1, -0.05) is 31.2 Å². The third-order valence-electron chi connectivity index (χ3n) is 6.09. The van der Waals surface area contributed by atoms with Crippen LogP contribution in [0.5, 0.6) is 0 Å². The fourth-order valence-electron chi connectivity index (χ4n) is 4.41. The molecule has 0 atom stereocenters. The van der Waals surface area contributed by atoms with Gasteiger partial charge in [0.25, 0.3) is 5.91 Å². The van der Waals surface area contributed by atoms with Gasteiger partial charge in [-0.3, -0.25) is 4.79 Å². The fraction of sp³-hybridized carbons (Fsp3) is 0.542. The van der Waals surface area contributed by atoms with Crippen LogP contribution < -0.4 is 10.2 Å². The van der Waals surface area contributed by atoms with Gasteiger partial charge in [-0.25, -0.2) is 0 Å². The molecule has 1 amide bonds. The van der Waals surface area contributed by atoms with E-state index in [9.17, 15) is 4.79 Å². The number of likely N-dealkylation sites (N-methyl/N-ethyl adjacent to an activating group) is 1. The Morgan fingerprint density at radius 2 is 1.72 bits per heavy atom. The first-order valence-corrected chi connectivity index (χ1v) is 10.9. The van der Waals surface area contributed by atoms with Crippen LogP contribution in [0.25, 0.3) is 0 Å². The summed E-state index contributed by atoms with van der Waals surface area (Å²) in [7, 11) is 0. The number of benzene rings is 1. The molecule has 1 aromatic heterocycles. The first-order valence-electron chi connectivity index (χ1n) is 10.9. The van der Waals surface area contributed by atoms with Crippen molar-refractivity contribution in [3.8, 4) is 0 Å². The largest absolute Gasteiger partial charge is 0.367 e. The topological polar surface area (TPSA) is 40.5 Å². The molecular weight excluding hydrogens is 360 g/mol. The maximum atomic E-state index is 13.2. The van der Waals surface area contributed by atoms with Crippen LogP contribution in [0.4, 0.5) is 5.69 Å². The second-order valence-electron chi connectivity index (χ2n) is 8.47. The predicted molar refractivity (Wildman–Crippen MR) is 121 cm³/mol. The van der Waals surface area contributed by atoms with Crippen LogP contribution in [0.1, 0.15) is 53.6 Å². The van der Waals surface area contributed by atoms with Crippen molar-refractivity contribution in [3.63, 3.8) is 0 Å². The summed E-state index contributed by atoms with van der Waals surface area (Å²) in [4.78, 5) is 18.1. The monoisotopic (exact) mass is 396 g/mol. The summed E-state index contributed by atoms with van der Waals surface area (Å²) < 4.78 is 2.22. The Bertz CT molecular complexity index is 860. The Labute approximate surface area is 175 Å². The molecule has 0 aliphatic carbocycles. The predicted octanol–water partition coefficient (Wildman–Crippen LogP) is 3.74. The molecule has 2 heterocycles. The van der Waals surface area contributed by atoms with Crippen LogP contribution in [0, 0.1) is 20.8 Å². The molecule has 5 heteroatoms. The van der Waals surface area contributed by atoms with E-state index in [0.717, 1.165) is 50.5 Å². The number of aryl methyl sites for hydroxylation is 1. The minimum absolute atomic E-state index is 0.0210. The first kappa shape index (κ1) is 21.4. The number of piperazine rings is 1. The zero-order valence-electron chi connectivity index (χ0n) is 18.9. The number of hydrogen-bond donors (Lipinski definition) is 1. The molecule has 158 valence electrons. The molecule has 29 heavy (non-hydrogen) atoms. The second kappa shape index (κ2) is 9.04. The Kier molecular flexibility index (Phi) is 6.68. The molecular formula is C24H36N4O. The van der Waals surface area contributed by atoms with Gasteiger partial charge in [0, 0.05) is 50.0 Å². The van der Waals surface area contributed by atoms with Gasteiger partial charge in [-0.05, 0) is 52.3 Å². The van der Waals surface area contributed by atoms with Crippen LogP contribution >= 0.6 is 0 Å². The molecule has 0 radical (unpaired) electrons. The Morgan fingerprint density at radius 1 is 1.07 bits per heavy atom. The van der Waals surface area contributed by atoms with Crippen molar-refractivity contribution in [2.75, 3.05) is 37.6 Å². The van der Waals surface area contributed by atoms with E-state index >= 15 is 0 Å². The molecule has 3 rings (SSSR count). The third-order valence-corrected chi connectivity index (χ3v) is 6.09. The van der Waals surface area contributed by atoms with Gasteiger partial charge < -0.3 is 19.7 Å². The molecule has 0 spiro atoms. The van der Waals surface area contributed by atoms with Gasteiger partial charge in [0.1, 0.15) is 5.69 Å². The van der Waals surface area contributed by atoms with E-state index in [-0.39, 0.29) is 11.9 Å². The van der Waals surface area contributed by atoms with Crippen LogP contribution in [0.15, 0.2) is 24.3 Å². The van der Waals surface area contributed by atoms with Gasteiger partial charge in [-0.15, -0.1) is 0 Å². The third kappa shape index (κ3) is 4.50. The fourth-order valence-corrected chi connectivity index (χ4v) is 4.41. The number of nitrogens with zero attached hydrogens (tertiary/aromatic N) is 3. The number of rotatable bonds is 6. The van der Waals surface area contributed by atoms with Crippen LogP contribution in [-0.2, 0) is 6.54 Å². The van der Waals surface area contributed by atoms with E-state index in [1.54, 1.807) is 0 Å². The molecule has 0 saturated carbocycles. The Morgan fingerprint density at radius 3 is 2.31 bits per heavy atom. The zero-order chi connectivity index (χ0) is 21.1. The van der Waals surface area contributed by atoms with Crippen molar-refractivity contribution in [2.45, 2.75) is 54.1 Å². The summed E-state index contributed by atoms with van der Waals surface area (Å²) in [6, 6.07) is 8.55. The van der Waals surface area contributed by atoms with E-state index in [0.29, 0.717) is 0 Å². The molecule has 2 aromatic rings. The van der Waals surface area contributed by atoms with Crippen molar-refractivity contribution in [2.24, 2.45) is 0 Å². The lowest BCUT2D eigenvalue weighted by molar-refractivity contribution is 0.0933. The van der Waals surface area contributed by atoms with Crippen molar-refractivity contribution >= 4 is 11.6 Å². The molecule has 1 N–H and O–H groups in total. The molecule has 1 aliphatic heterocycles. The lowest BCUT2D eigenvalue weighted by atomic mass is 10.1. The second-order valence-corrected chi connectivity index (χ2v) is 8.47. The normalized spacial score (nSPS) is 15.2. The smallest absolute Gasteiger partial charge is 0.268 e. The van der Waals surface area contributed by atoms with E-state index < -0.39 is 0 Å². The average Bonchev–Trinajstić information content (AvgIpc) is 2.93. The van der Waals surface area contributed by atoms with E-state index in [1.165, 1.54) is 22.5 Å². The average molecular weight is 397 g/mol. The molecule has 0 bridgehead atoms. The van der Waals surface area contributed by atoms with Crippen molar-refractivity contribution in [1.29, 1.82) is 0 Å². The number of amides is 1. The van der Waals surface area contributed by atoms with Crippen LogP contribution in [-0.4, -0.2) is 54.1 Å². The first-order chi connectivity index (χ1) is 13.8. The molecule has 1 saturated heterocycles. The summed E-state index contributed by atoms with van der Waals surface area (Å²) >= 11 is 0. The highest BCUT2D eigenvalue weighted by molar-refractivity contribution is 5.96. The van der Waals surface area contributed by atoms with Crippen LogP contribution in [0.2, 0.25) is 0 Å². The van der Waals surface area contributed by atoms with E-state index in [2.05, 4.69) is 71.6 Å². The van der Waals surface area contributed by atoms with Gasteiger partial charge >= 0.3 is 0 Å². The Hall–Kier alpha value is -2.27. The molecule has 1 aromatic carbocycles. The van der Waals surface area contributed by atoms with Gasteiger partial charge in [0.05, 0.1) is 5.69 Å². The number of nitrogens with one attached hydrogen (secondary N) is 1. The molecule has 5 nitrogen and oxygen atoms in total. The highest BCUT2D eigenvalue weighted by atomic mass is 16.2. The number of aromatic nitrogens is 1. The summed E-state index contributed by atoms with van der Waals surface area (Å²) in [5.74, 6) is 0.0210. The van der Waals surface area contributed by atoms with Crippen molar-refractivity contribution < 1.29 is 4.79 Å². The highest BCUT2D eigenvalue weighted by Gasteiger charge is 2.28. The standard InChI is InChI=1S/C24H36N4O/c1-7-26-12-14-27(15-13-26)22-19(5)23(24(29)25-17(2)3)28(20(22)6)16-21-11-9-8-10-18(21)4/h8-11,17H,7,12-16H2,1-6H3,(H,25,29). The Balaban J connectivity index is 2.03. The zero-order valence-corrected chi connectivity index (χ0v) is 18.9. The highest BCUT2D eigenvalue weighted by Crippen LogP contribution is 2.32. The number of hydrogen-bond acceptors (Lipinski definition) is 3. The minimum Gasteiger partial charge on any atom is -0.367 e. The maximum Gasteiger partial charge on any atom is 0.268 e.